The number of amides is 1. The van der Waals surface area contributed by atoms with Crippen LogP contribution >= 0.6 is 0 Å². The van der Waals surface area contributed by atoms with Gasteiger partial charge in [-0.3, -0.25) is 9.78 Å². The number of benzene rings is 2. The number of carboxylic acid groups (broad SMARTS) is 1. The summed E-state index contributed by atoms with van der Waals surface area (Å²) in [5.41, 5.74) is 6.21. The number of pyridine rings is 1. The number of nitrogens with zero attached hydrogens (tertiary/aromatic N) is 1. The highest BCUT2D eigenvalue weighted by atomic mass is 16.5. The number of aliphatic carboxylic acids is 1. The zero-order valence-electron chi connectivity index (χ0n) is 22.2. The lowest BCUT2D eigenvalue weighted by Crippen LogP contribution is -2.23. The minimum absolute atomic E-state index is 0.117. The topological polar surface area (TPSA) is 116 Å². The van der Waals surface area contributed by atoms with Gasteiger partial charge in [-0.15, -0.1) is 0 Å². The average Bonchev–Trinajstić information content (AvgIpc) is 3.20. The molecule has 0 spiro atoms. The molecule has 1 aromatic heterocycles. The Kier molecular flexibility index (Phi) is 8.50. The number of rotatable bonds is 11. The summed E-state index contributed by atoms with van der Waals surface area (Å²) in [6, 6.07) is 14.9. The van der Waals surface area contributed by atoms with Crippen LogP contribution in [0.25, 0.3) is 17.2 Å². The number of methoxy groups -OCH3 is 3. The van der Waals surface area contributed by atoms with Gasteiger partial charge in [-0.2, -0.15) is 0 Å². The highest BCUT2D eigenvalue weighted by molar-refractivity contribution is 6.08. The van der Waals surface area contributed by atoms with Gasteiger partial charge in [0, 0.05) is 6.20 Å². The second-order valence-corrected chi connectivity index (χ2v) is 8.78. The summed E-state index contributed by atoms with van der Waals surface area (Å²) in [6.45, 7) is 1.80. The molecule has 0 radical (unpaired) electrons. The summed E-state index contributed by atoms with van der Waals surface area (Å²) >= 11 is 0. The zero-order valence-corrected chi connectivity index (χ0v) is 22.2. The van der Waals surface area contributed by atoms with Crippen molar-refractivity contribution < 1.29 is 33.6 Å². The van der Waals surface area contributed by atoms with E-state index < -0.39 is 12.6 Å². The molecule has 0 unspecified atom stereocenters. The molecule has 0 atom stereocenters. The van der Waals surface area contributed by atoms with E-state index in [2.05, 4.69) is 10.3 Å². The van der Waals surface area contributed by atoms with Crippen LogP contribution in [0, 0.1) is 0 Å². The van der Waals surface area contributed by atoms with Crippen molar-refractivity contribution in [2.75, 3.05) is 27.9 Å². The maximum Gasteiger partial charge on any atom is 0.341 e. The Morgan fingerprint density at radius 1 is 0.974 bits per heavy atom. The van der Waals surface area contributed by atoms with Crippen LogP contribution in [0.2, 0.25) is 0 Å². The maximum atomic E-state index is 12.9. The number of aromatic nitrogens is 1. The average molecular weight is 531 g/mol. The van der Waals surface area contributed by atoms with Crippen molar-refractivity contribution in [3.05, 3.63) is 82.7 Å². The standard InChI is InChI=1S/C30H30N2O7/c1-18-23(11-19-12-26(37-3)30(27(13-19)38-4)39-17-29(34)35)22-9-8-21(36-2)14-25(22)24(18)15-28(33)32-16-20-7-5-6-10-31-20/h5-14H,15-17H2,1-4H3,(H,32,33)(H,34,35). The Labute approximate surface area is 226 Å². The van der Waals surface area contributed by atoms with Crippen molar-refractivity contribution in [2.24, 2.45) is 0 Å². The van der Waals surface area contributed by atoms with Crippen molar-refractivity contribution in [3.63, 3.8) is 0 Å². The molecule has 9 heteroatoms. The lowest BCUT2D eigenvalue weighted by atomic mass is 10.00. The molecule has 9 nitrogen and oxygen atoms in total. The minimum Gasteiger partial charge on any atom is -0.497 e. The molecule has 0 saturated carbocycles. The monoisotopic (exact) mass is 530 g/mol. The molecule has 2 aromatic carbocycles. The summed E-state index contributed by atoms with van der Waals surface area (Å²) in [5.74, 6) is 0.349. The second kappa shape index (κ2) is 12.2. The zero-order chi connectivity index (χ0) is 27.9. The molecule has 0 fully saturated rings. The molecule has 4 rings (SSSR count). The molecule has 2 N–H and O–H groups in total. The van der Waals surface area contributed by atoms with Crippen LogP contribution in [0.3, 0.4) is 0 Å². The van der Waals surface area contributed by atoms with Gasteiger partial charge in [-0.25, -0.2) is 4.79 Å². The molecule has 0 aliphatic heterocycles. The summed E-state index contributed by atoms with van der Waals surface area (Å²) < 4.78 is 21.8. The van der Waals surface area contributed by atoms with Crippen LogP contribution in [0.4, 0.5) is 0 Å². The van der Waals surface area contributed by atoms with Crippen LogP contribution in [-0.2, 0) is 16.1 Å². The Morgan fingerprint density at radius 3 is 2.33 bits per heavy atom. The van der Waals surface area contributed by atoms with Crippen molar-refractivity contribution >= 4 is 29.1 Å². The van der Waals surface area contributed by atoms with Gasteiger partial charge in [0.2, 0.25) is 11.7 Å². The molecule has 3 aromatic rings. The van der Waals surface area contributed by atoms with E-state index >= 15 is 0 Å². The molecular weight excluding hydrogens is 500 g/mol. The van der Waals surface area contributed by atoms with E-state index in [1.807, 2.05) is 49.4 Å². The molecule has 1 heterocycles. The number of hydrogen-bond donors (Lipinski definition) is 2. The quantitative estimate of drug-likeness (QED) is 0.369. The summed E-state index contributed by atoms with van der Waals surface area (Å²) in [7, 11) is 4.56. The van der Waals surface area contributed by atoms with Gasteiger partial charge in [-0.05, 0) is 82.8 Å². The van der Waals surface area contributed by atoms with E-state index in [-0.39, 0.29) is 18.1 Å². The maximum absolute atomic E-state index is 12.9. The molecule has 0 saturated heterocycles. The van der Waals surface area contributed by atoms with Crippen molar-refractivity contribution in [2.45, 2.75) is 19.9 Å². The number of carbonyl (C=O) groups is 2. The third-order valence-corrected chi connectivity index (χ3v) is 6.36. The van der Waals surface area contributed by atoms with E-state index in [1.54, 1.807) is 25.4 Å². The highest BCUT2D eigenvalue weighted by Crippen LogP contribution is 2.46. The van der Waals surface area contributed by atoms with E-state index in [0.717, 1.165) is 39.1 Å². The fraction of sp³-hybridized carbons (Fsp3) is 0.233. The first-order valence-corrected chi connectivity index (χ1v) is 12.2. The van der Waals surface area contributed by atoms with Gasteiger partial charge in [0.25, 0.3) is 0 Å². The predicted octanol–water partition coefficient (Wildman–Crippen LogP) is 4.61. The van der Waals surface area contributed by atoms with Crippen LogP contribution in [0.15, 0.2) is 60.3 Å². The van der Waals surface area contributed by atoms with Gasteiger partial charge in [0.15, 0.2) is 18.1 Å². The number of allylic oxidation sites excluding steroid dienone is 2. The van der Waals surface area contributed by atoms with Crippen LogP contribution in [0.5, 0.6) is 23.0 Å². The van der Waals surface area contributed by atoms with E-state index in [4.69, 9.17) is 24.1 Å². The van der Waals surface area contributed by atoms with E-state index in [0.29, 0.717) is 23.8 Å². The Hall–Kier alpha value is -4.79. The summed E-state index contributed by atoms with van der Waals surface area (Å²) in [5, 5.41) is 12.0. The summed E-state index contributed by atoms with van der Waals surface area (Å²) in [6.07, 6.45) is 3.86. The predicted molar refractivity (Wildman–Crippen MR) is 147 cm³/mol. The lowest BCUT2D eigenvalue weighted by molar-refractivity contribution is -0.139. The highest BCUT2D eigenvalue weighted by Gasteiger charge is 2.26. The number of carbonyl (C=O) groups excluding carboxylic acids is 1. The van der Waals surface area contributed by atoms with Gasteiger partial charge < -0.3 is 29.4 Å². The minimum atomic E-state index is -1.11. The Balaban J connectivity index is 1.70. The van der Waals surface area contributed by atoms with Gasteiger partial charge in [-0.1, -0.05) is 12.1 Å². The molecule has 39 heavy (non-hydrogen) atoms. The number of ether oxygens (including phenoxy) is 4. The fourth-order valence-corrected chi connectivity index (χ4v) is 4.46. The van der Waals surface area contributed by atoms with Crippen LogP contribution < -0.4 is 24.3 Å². The first kappa shape index (κ1) is 27.3. The number of carboxylic acids is 1. The van der Waals surface area contributed by atoms with Gasteiger partial charge >= 0.3 is 5.97 Å². The van der Waals surface area contributed by atoms with Gasteiger partial charge in [0.1, 0.15) is 5.75 Å². The first-order valence-electron chi connectivity index (χ1n) is 12.2. The number of nitrogens with one attached hydrogen (secondary N) is 1. The molecule has 0 bridgehead atoms. The number of fused-ring (bicyclic) bond motifs is 1. The Bertz CT molecular complexity index is 1420. The third-order valence-electron chi connectivity index (χ3n) is 6.36. The third kappa shape index (κ3) is 6.20. The lowest BCUT2D eigenvalue weighted by Gasteiger charge is -2.15. The van der Waals surface area contributed by atoms with Crippen molar-refractivity contribution in [1.82, 2.24) is 10.3 Å². The molecule has 1 amide bonds. The molecule has 1 aliphatic rings. The Morgan fingerprint density at radius 2 is 1.72 bits per heavy atom. The summed E-state index contributed by atoms with van der Waals surface area (Å²) in [4.78, 5) is 28.2. The normalized spacial score (nSPS) is 13.2. The van der Waals surface area contributed by atoms with Crippen molar-refractivity contribution in [1.29, 1.82) is 0 Å². The van der Waals surface area contributed by atoms with Crippen LogP contribution in [-0.4, -0.2) is 49.9 Å². The van der Waals surface area contributed by atoms with E-state index in [1.165, 1.54) is 14.2 Å². The molecule has 1 aliphatic carbocycles. The molecule has 202 valence electrons. The largest absolute Gasteiger partial charge is 0.497 e. The first-order chi connectivity index (χ1) is 18.8. The smallest absolute Gasteiger partial charge is 0.341 e. The van der Waals surface area contributed by atoms with Gasteiger partial charge in [0.05, 0.1) is 40.0 Å². The van der Waals surface area contributed by atoms with E-state index in [9.17, 15) is 9.59 Å². The second-order valence-electron chi connectivity index (χ2n) is 8.78. The fourth-order valence-electron chi connectivity index (χ4n) is 4.46. The SMILES string of the molecule is COc1ccc2c(c1)C(CC(=O)NCc1ccccn1)=C(C)C2=Cc1cc(OC)c(OCC(=O)O)c(OC)c1. The van der Waals surface area contributed by atoms with Crippen LogP contribution in [0.1, 0.15) is 35.7 Å². The number of hydrogen-bond acceptors (Lipinski definition) is 7. The van der Waals surface area contributed by atoms with Crippen molar-refractivity contribution in [3.8, 4) is 23.0 Å². The molecular formula is C30H30N2O7.